The van der Waals surface area contributed by atoms with Gasteiger partial charge in [-0.2, -0.15) is 5.10 Å². The molecule has 0 aliphatic carbocycles. The number of hydrazone groups is 1. The average molecular weight is 430 g/mol. The maximum atomic E-state index is 12.2. The monoisotopic (exact) mass is 429 g/mol. The Balaban J connectivity index is 1.51. The largest absolute Gasteiger partial charge is 0.272 e. The zero-order valence-corrected chi connectivity index (χ0v) is 17.5. The van der Waals surface area contributed by atoms with Gasteiger partial charge in [0.05, 0.1) is 12.0 Å². The van der Waals surface area contributed by atoms with Crippen LogP contribution >= 0.6 is 11.8 Å². The van der Waals surface area contributed by atoms with Crippen molar-refractivity contribution in [1.29, 1.82) is 0 Å². The van der Waals surface area contributed by atoms with Crippen LogP contribution in [0.5, 0.6) is 0 Å². The average Bonchev–Trinajstić information content (AvgIpc) is 3.23. The van der Waals surface area contributed by atoms with E-state index >= 15 is 0 Å². The van der Waals surface area contributed by atoms with Crippen LogP contribution in [0.3, 0.4) is 0 Å². The van der Waals surface area contributed by atoms with Gasteiger partial charge in [-0.05, 0) is 37.3 Å². The highest BCUT2D eigenvalue weighted by atomic mass is 32.2. The van der Waals surface area contributed by atoms with Gasteiger partial charge in [-0.1, -0.05) is 35.5 Å². The molecule has 0 radical (unpaired) electrons. The second-order valence-electron chi connectivity index (χ2n) is 6.58. The molecule has 0 fully saturated rings. The summed E-state index contributed by atoms with van der Waals surface area (Å²) >= 11 is 1.29. The SMILES string of the molecule is Cc1ccc(-n2c(SCC(=O)NN=Cc3cccnc3)nnc2-c2ccncc2)cc1. The number of aryl methyl sites for hydroxylation is 1. The van der Waals surface area contributed by atoms with E-state index in [0.717, 1.165) is 22.4 Å². The highest BCUT2D eigenvalue weighted by molar-refractivity contribution is 7.99. The highest BCUT2D eigenvalue weighted by Gasteiger charge is 2.17. The predicted octanol–water partition coefficient (Wildman–Crippen LogP) is 3.28. The second kappa shape index (κ2) is 9.77. The number of aromatic nitrogens is 5. The van der Waals surface area contributed by atoms with E-state index < -0.39 is 0 Å². The lowest BCUT2D eigenvalue weighted by Gasteiger charge is -2.10. The van der Waals surface area contributed by atoms with Crippen LogP contribution in [-0.4, -0.2) is 42.6 Å². The minimum absolute atomic E-state index is 0.144. The summed E-state index contributed by atoms with van der Waals surface area (Å²) in [7, 11) is 0. The van der Waals surface area contributed by atoms with Crippen molar-refractivity contribution in [2.45, 2.75) is 12.1 Å². The molecule has 1 N–H and O–H groups in total. The molecule has 0 aliphatic rings. The van der Waals surface area contributed by atoms with Crippen molar-refractivity contribution in [3.63, 3.8) is 0 Å². The molecule has 31 heavy (non-hydrogen) atoms. The van der Waals surface area contributed by atoms with Gasteiger partial charge < -0.3 is 0 Å². The van der Waals surface area contributed by atoms with Gasteiger partial charge in [0, 0.05) is 41.6 Å². The lowest BCUT2D eigenvalue weighted by Crippen LogP contribution is -2.20. The summed E-state index contributed by atoms with van der Waals surface area (Å²) in [6.07, 6.45) is 8.31. The summed E-state index contributed by atoms with van der Waals surface area (Å²) in [5, 5.41) is 13.3. The number of hydrogen-bond acceptors (Lipinski definition) is 7. The normalized spacial score (nSPS) is 11.0. The number of rotatable bonds is 7. The van der Waals surface area contributed by atoms with Gasteiger partial charge in [0.25, 0.3) is 5.91 Å². The first kappa shape index (κ1) is 20.4. The standard InChI is InChI=1S/C22H19N7OS/c1-16-4-6-19(7-5-16)29-21(18-8-11-23-12-9-18)27-28-22(29)31-15-20(30)26-25-14-17-3-2-10-24-13-17/h2-14H,15H2,1H3,(H,26,30). The molecule has 4 aromatic rings. The Kier molecular flexibility index (Phi) is 6.44. The maximum Gasteiger partial charge on any atom is 0.250 e. The van der Waals surface area contributed by atoms with E-state index in [-0.39, 0.29) is 11.7 Å². The maximum absolute atomic E-state index is 12.2. The number of carbonyl (C=O) groups excluding carboxylic acids is 1. The van der Waals surface area contributed by atoms with Gasteiger partial charge >= 0.3 is 0 Å². The van der Waals surface area contributed by atoms with E-state index in [9.17, 15) is 4.79 Å². The zero-order chi connectivity index (χ0) is 21.5. The van der Waals surface area contributed by atoms with Crippen LogP contribution in [0.4, 0.5) is 0 Å². The van der Waals surface area contributed by atoms with E-state index in [4.69, 9.17) is 0 Å². The topological polar surface area (TPSA) is 98.0 Å². The predicted molar refractivity (Wildman–Crippen MR) is 120 cm³/mol. The number of benzene rings is 1. The molecule has 0 bridgehead atoms. The number of carbonyl (C=O) groups is 1. The van der Waals surface area contributed by atoms with Gasteiger partial charge in [0.15, 0.2) is 11.0 Å². The molecule has 1 aromatic carbocycles. The van der Waals surface area contributed by atoms with Crippen LogP contribution in [0.1, 0.15) is 11.1 Å². The molecule has 3 heterocycles. The number of thioether (sulfide) groups is 1. The van der Waals surface area contributed by atoms with Crippen LogP contribution in [0, 0.1) is 6.92 Å². The molecular weight excluding hydrogens is 410 g/mol. The van der Waals surface area contributed by atoms with Crippen molar-refractivity contribution >= 4 is 23.9 Å². The van der Waals surface area contributed by atoms with Gasteiger partial charge in [-0.15, -0.1) is 10.2 Å². The third-order valence-corrected chi connectivity index (χ3v) is 5.21. The lowest BCUT2D eigenvalue weighted by molar-refractivity contribution is -0.118. The molecule has 1 amide bonds. The Labute approximate surface area is 183 Å². The fourth-order valence-corrected chi connectivity index (χ4v) is 3.52. The Morgan fingerprint density at radius 1 is 1.06 bits per heavy atom. The molecule has 0 saturated carbocycles. The second-order valence-corrected chi connectivity index (χ2v) is 7.52. The summed E-state index contributed by atoms with van der Waals surface area (Å²) in [6, 6.07) is 15.5. The molecule has 8 nitrogen and oxygen atoms in total. The van der Waals surface area contributed by atoms with Crippen molar-refractivity contribution in [3.8, 4) is 17.1 Å². The molecule has 0 aliphatic heterocycles. The Bertz CT molecular complexity index is 1180. The molecule has 0 atom stereocenters. The Morgan fingerprint density at radius 2 is 1.87 bits per heavy atom. The van der Waals surface area contributed by atoms with Crippen LogP contribution in [0.15, 0.2) is 83.6 Å². The summed E-state index contributed by atoms with van der Waals surface area (Å²) in [5.41, 5.74) is 6.29. The van der Waals surface area contributed by atoms with Crippen LogP contribution in [0.25, 0.3) is 17.1 Å². The van der Waals surface area contributed by atoms with Crippen LogP contribution in [0.2, 0.25) is 0 Å². The third-order valence-electron chi connectivity index (χ3n) is 4.28. The summed E-state index contributed by atoms with van der Waals surface area (Å²) in [5.74, 6) is 0.586. The van der Waals surface area contributed by atoms with E-state index in [2.05, 4.69) is 30.7 Å². The third kappa shape index (κ3) is 5.20. The lowest BCUT2D eigenvalue weighted by atomic mass is 10.2. The summed E-state index contributed by atoms with van der Waals surface area (Å²) in [6.45, 7) is 2.03. The van der Waals surface area contributed by atoms with E-state index in [0.29, 0.717) is 11.0 Å². The number of amides is 1. The minimum atomic E-state index is -0.242. The van der Waals surface area contributed by atoms with Crippen molar-refractivity contribution < 1.29 is 4.79 Å². The summed E-state index contributed by atoms with van der Waals surface area (Å²) < 4.78 is 1.94. The van der Waals surface area contributed by atoms with Crippen molar-refractivity contribution in [2.24, 2.45) is 5.10 Å². The highest BCUT2D eigenvalue weighted by Crippen LogP contribution is 2.27. The fourth-order valence-electron chi connectivity index (χ4n) is 2.77. The van der Waals surface area contributed by atoms with Crippen LogP contribution in [-0.2, 0) is 4.79 Å². The van der Waals surface area contributed by atoms with E-state index in [1.807, 2.05) is 54.0 Å². The smallest absolute Gasteiger partial charge is 0.250 e. The first-order valence-corrected chi connectivity index (χ1v) is 10.5. The van der Waals surface area contributed by atoms with Gasteiger partial charge in [0.1, 0.15) is 0 Å². The first-order valence-electron chi connectivity index (χ1n) is 9.48. The number of hydrogen-bond donors (Lipinski definition) is 1. The van der Waals surface area contributed by atoms with Gasteiger partial charge in [-0.25, -0.2) is 5.43 Å². The molecule has 0 spiro atoms. The molecule has 3 aromatic heterocycles. The van der Waals surface area contributed by atoms with E-state index in [1.54, 1.807) is 37.1 Å². The minimum Gasteiger partial charge on any atom is -0.272 e. The first-order chi connectivity index (χ1) is 15.2. The van der Waals surface area contributed by atoms with Gasteiger partial charge in [-0.3, -0.25) is 19.3 Å². The Hall–Kier alpha value is -3.85. The fraction of sp³-hybridized carbons (Fsp3) is 0.0909. The summed E-state index contributed by atoms with van der Waals surface area (Å²) in [4.78, 5) is 20.3. The number of nitrogens with zero attached hydrogens (tertiary/aromatic N) is 6. The molecule has 4 rings (SSSR count). The van der Waals surface area contributed by atoms with Gasteiger partial charge in [0.2, 0.25) is 0 Å². The molecule has 0 saturated heterocycles. The number of pyridine rings is 2. The van der Waals surface area contributed by atoms with Crippen LogP contribution < -0.4 is 5.43 Å². The molecule has 154 valence electrons. The zero-order valence-electron chi connectivity index (χ0n) is 16.7. The van der Waals surface area contributed by atoms with Crippen molar-refractivity contribution in [2.75, 3.05) is 5.75 Å². The molecule has 0 unspecified atom stereocenters. The number of nitrogens with one attached hydrogen (secondary N) is 1. The van der Waals surface area contributed by atoms with E-state index in [1.165, 1.54) is 11.8 Å². The molecule has 9 heteroatoms. The quantitative estimate of drug-likeness (QED) is 0.275. The Morgan fingerprint density at radius 3 is 2.61 bits per heavy atom. The molecular formula is C22H19N7OS. The van der Waals surface area contributed by atoms with Crippen molar-refractivity contribution in [1.82, 2.24) is 30.2 Å². The van der Waals surface area contributed by atoms with Crippen molar-refractivity contribution in [3.05, 3.63) is 84.4 Å².